The molecule has 1 atom stereocenters. The van der Waals surface area contributed by atoms with Gasteiger partial charge in [-0.05, 0) is 78.0 Å². The molecule has 1 aromatic heterocycles. The number of aryl methyl sites for hydroxylation is 1. The van der Waals surface area contributed by atoms with Crippen LogP contribution < -0.4 is 15.4 Å². The molecule has 3 aromatic rings. The Kier molecular flexibility index (Phi) is 7.42. The van der Waals surface area contributed by atoms with Crippen molar-refractivity contribution in [2.24, 2.45) is 0 Å². The van der Waals surface area contributed by atoms with E-state index in [-0.39, 0.29) is 11.7 Å². The number of fused-ring (bicyclic) bond motifs is 1. The molecule has 10 heteroatoms. The van der Waals surface area contributed by atoms with Crippen LogP contribution in [0.15, 0.2) is 51.2 Å². The highest BCUT2D eigenvalue weighted by Gasteiger charge is 2.35. The van der Waals surface area contributed by atoms with Crippen LogP contribution in [0.5, 0.6) is 11.5 Å². The highest BCUT2D eigenvalue weighted by Crippen LogP contribution is 2.42. The van der Waals surface area contributed by atoms with Crippen molar-refractivity contribution in [3.63, 3.8) is 0 Å². The summed E-state index contributed by atoms with van der Waals surface area (Å²) in [6.07, 6.45) is 0.994. The first-order valence-electron chi connectivity index (χ1n) is 11.3. The maximum Gasteiger partial charge on any atom is 0.255 e. The van der Waals surface area contributed by atoms with Crippen molar-refractivity contribution in [3.8, 4) is 11.5 Å². The Morgan fingerprint density at radius 1 is 1.31 bits per heavy atom. The smallest absolute Gasteiger partial charge is 0.255 e. The summed E-state index contributed by atoms with van der Waals surface area (Å²) in [5, 5.41) is 22.1. The summed E-state index contributed by atoms with van der Waals surface area (Å²) in [6.45, 7) is 7.95. The third-order valence-corrected chi connectivity index (χ3v) is 7.60. The lowest BCUT2D eigenvalue weighted by Crippen LogP contribution is -2.31. The maximum atomic E-state index is 13.8. The normalized spacial score (nSPS) is 15.0. The van der Waals surface area contributed by atoms with Crippen LogP contribution in [-0.2, 0) is 4.79 Å². The number of thioether (sulfide) groups is 1. The van der Waals surface area contributed by atoms with Crippen LogP contribution in [0.1, 0.15) is 43.0 Å². The zero-order chi connectivity index (χ0) is 25.3. The zero-order valence-electron chi connectivity index (χ0n) is 20.3. The number of carbonyl (C=O) groups excluding carboxylic acids is 1. The SMILES string of the molecule is CCCSc1nc2n(n1)C(c1cc(Br)c(O)c(OC)c1)C(C(=O)Nc1cccc(C)c1C)=C(C)N2. The lowest BCUT2D eigenvalue weighted by Gasteiger charge is -2.29. The summed E-state index contributed by atoms with van der Waals surface area (Å²) in [6, 6.07) is 8.73. The van der Waals surface area contributed by atoms with Crippen molar-refractivity contribution in [1.82, 2.24) is 14.8 Å². The maximum absolute atomic E-state index is 13.8. The first-order valence-corrected chi connectivity index (χ1v) is 13.0. The Bertz CT molecular complexity index is 1320. The van der Waals surface area contributed by atoms with Crippen LogP contribution in [0.2, 0.25) is 0 Å². The molecule has 2 heterocycles. The number of nitrogens with one attached hydrogen (secondary N) is 2. The molecule has 184 valence electrons. The molecule has 4 rings (SSSR count). The van der Waals surface area contributed by atoms with Gasteiger partial charge in [0.15, 0.2) is 11.5 Å². The minimum Gasteiger partial charge on any atom is -0.503 e. The molecule has 0 saturated carbocycles. The number of anilines is 2. The quantitative estimate of drug-likeness (QED) is 0.315. The number of aromatic nitrogens is 3. The molecule has 0 aliphatic carbocycles. The van der Waals surface area contributed by atoms with Gasteiger partial charge in [0.05, 0.1) is 17.2 Å². The van der Waals surface area contributed by atoms with Crippen LogP contribution in [0.25, 0.3) is 0 Å². The monoisotopic (exact) mass is 557 g/mol. The average Bonchev–Trinajstić information content (AvgIpc) is 3.23. The van der Waals surface area contributed by atoms with Crippen molar-refractivity contribution in [1.29, 1.82) is 0 Å². The number of rotatable bonds is 7. The number of methoxy groups -OCH3 is 1. The lowest BCUT2D eigenvalue weighted by atomic mass is 9.94. The molecular formula is C25H28BrN5O3S. The fourth-order valence-corrected chi connectivity index (χ4v) is 5.11. The van der Waals surface area contributed by atoms with Gasteiger partial charge in [-0.2, -0.15) is 4.98 Å². The number of aromatic hydroxyl groups is 1. The number of amides is 1. The van der Waals surface area contributed by atoms with Gasteiger partial charge in [-0.1, -0.05) is 30.8 Å². The highest BCUT2D eigenvalue weighted by atomic mass is 79.9. The number of hydrogen-bond acceptors (Lipinski definition) is 7. The van der Waals surface area contributed by atoms with E-state index in [0.29, 0.717) is 32.6 Å². The lowest BCUT2D eigenvalue weighted by molar-refractivity contribution is -0.113. The molecule has 1 unspecified atom stereocenters. The Morgan fingerprint density at radius 3 is 2.80 bits per heavy atom. The number of halogens is 1. The highest BCUT2D eigenvalue weighted by molar-refractivity contribution is 9.10. The van der Waals surface area contributed by atoms with Crippen LogP contribution in [0, 0.1) is 13.8 Å². The molecule has 0 saturated heterocycles. The minimum atomic E-state index is -0.592. The standard InChI is InChI=1S/C25H28BrN5O3S/c1-6-10-35-25-29-24-27-15(4)20(23(33)28-18-9-7-8-13(2)14(18)3)21(31(24)30-25)16-11-17(26)22(32)19(12-16)34-5/h7-9,11-12,21,32H,6,10H2,1-5H3,(H,28,33)(H,27,29,30). The van der Waals surface area contributed by atoms with Gasteiger partial charge in [-0.25, -0.2) is 4.68 Å². The predicted octanol–water partition coefficient (Wildman–Crippen LogP) is 5.80. The van der Waals surface area contributed by atoms with Crippen molar-refractivity contribution in [2.75, 3.05) is 23.5 Å². The minimum absolute atomic E-state index is 0.00900. The number of phenols is 1. The van der Waals surface area contributed by atoms with E-state index in [2.05, 4.69) is 38.5 Å². The van der Waals surface area contributed by atoms with E-state index in [0.717, 1.165) is 34.6 Å². The third kappa shape index (κ3) is 4.90. The molecule has 8 nitrogen and oxygen atoms in total. The molecule has 1 aliphatic heterocycles. The molecule has 0 spiro atoms. The Hall–Kier alpha value is -2.98. The first-order chi connectivity index (χ1) is 16.7. The second-order valence-electron chi connectivity index (χ2n) is 8.33. The van der Waals surface area contributed by atoms with E-state index in [4.69, 9.17) is 9.84 Å². The Labute approximate surface area is 217 Å². The van der Waals surface area contributed by atoms with Crippen LogP contribution in [0.4, 0.5) is 11.6 Å². The fourth-order valence-electron chi connectivity index (χ4n) is 3.97. The fraction of sp³-hybridized carbons (Fsp3) is 0.320. The predicted molar refractivity (Wildman–Crippen MR) is 142 cm³/mol. The average molecular weight is 559 g/mol. The number of carbonyl (C=O) groups is 1. The van der Waals surface area contributed by atoms with Gasteiger partial charge in [-0.3, -0.25) is 4.79 Å². The Balaban J connectivity index is 1.84. The summed E-state index contributed by atoms with van der Waals surface area (Å²) < 4.78 is 7.57. The van der Waals surface area contributed by atoms with E-state index < -0.39 is 6.04 Å². The summed E-state index contributed by atoms with van der Waals surface area (Å²) in [5.74, 6) is 1.48. The van der Waals surface area contributed by atoms with Crippen molar-refractivity contribution < 1.29 is 14.6 Å². The molecule has 1 aliphatic rings. The summed E-state index contributed by atoms with van der Waals surface area (Å²) >= 11 is 4.98. The number of allylic oxidation sites excluding steroid dienone is 1. The number of ether oxygens (including phenoxy) is 1. The zero-order valence-corrected chi connectivity index (χ0v) is 22.7. The first kappa shape index (κ1) is 25.1. The Morgan fingerprint density at radius 2 is 2.09 bits per heavy atom. The largest absolute Gasteiger partial charge is 0.503 e. The topological polar surface area (TPSA) is 101 Å². The second kappa shape index (κ2) is 10.3. The van der Waals surface area contributed by atoms with Gasteiger partial charge in [0.25, 0.3) is 5.91 Å². The van der Waals surface area contributed by atoms with E-state index in [9.17, 15) is 9.90 Å². The van der Waals surface area contributed by atoms with Crippen molar-refractivity contribution in [2.45, 2.75) is 45.3 Å². The number of hydrogen-bond donors (Lipinski definition) is 3. The second-order valence-corrected chi connectivity index (χ2v) is 10.2. The number of nitrogens with zero attached hydrogens (tertiary/aromatic N) is 3. The van der Waals surface area contributed by atoms with E-state index in [1.807, 2.05) is 39.0 Å². The molecule has 3 N–H and O–H groups in total. The summed E-state index contributed by atoms with van der Waals surface area (Å²) in [4.78, 5) is 18.4. The van der Waals surface area contributed by atoms with Gasteiger partial charge in [-0.15, -0.1) is 5.10 Å². The van der Waals surface area contributed by atoms with E-state index in [1.165, 1.54) is 7.11 Å². The van der Waals surface area contributed by atoms with Gasteiger partial charge in [0, 0.05) is 17.1 Å². The van der Waals surface area contributed by atoms with E-state index in [1.54, 1.807) is 28.6 Å². The molecule has 2 aromatic carbocycles. The van der Waals surface area contributed by atoms with Gasteiger partial charge in [0.1, 0.15) is 6.04 Å². The van der Waals surface area contributed by atoms with Crippen molar-refractivity contribution >= 4 is 45.2 Å². The molecule has 0 fully saturated rings. The molecule has 35 heavy (non-hydrogen) atoms. The van der Waals surface area contributed by atoms with Gasteiger partial charge >= 0.3 is 0 Å². The van der Waals surface area contributed by atoms with Crippen molar-refractivity contribution in [3.05, 3.63) is 62.8 Å². The van der Waals surface area contributed by atoms with Gasteiger partial charge in [0.2, 0.25) is 11.1 Å². The van der Waals surface area contributed by atoms with Gasteiger partial charge < -0.3 is 20.5 Å². The third-order valence-electron chi connectivity index (χ3n) is 5.95. The van der Waals surface area contributed by atoms with Crippen LogP contribution >= 0.6 is 27.7 Å². The molecule has 0 bridgehead atoms. The van der Waals surface area contributed by atoms with Crippen LogP contribution in [-0.4, -0.2) is 38.6 Å². The number of benzene rings is 2. The summed E-state index contributed by atoms with van der Waals surface area (Å²) in [5.41, 5.74) is 4.74. The van der Waals surface area contributed by atoms with Crippen LogP contribution in [0.3, 0.4) is 0 Å². The van der Waals surface area contributed by atoms with E-state index >= 15 is 0 Å². The summed E-state index contributed by atoms with van der Waals surface area (Å²) in [7, 11) is 1.49. The molecular weight excluding hydrogens is 530 g/mol. The number of phenolic OH excluding ortho intramolecular Hbond substituents is 1. The molecule has 1 amide bonds. The molecule has 0 radical (unpaired) electrons.